The first kappa shape index (κ1) is 7.07. The molecule has 0 N–H and O–H groups in total. The van der Waals surface area contributed by atoms with Gasteiger partial charge in [0.05, 0.1) is 0 Å². The van der Waals surface area contributed by atoms with Crippen LogP contribution >= 0.6 is 0 Å². The van der Waals surface area contributed by atoms with Crippen LogP contribution in [-0.4, -0.2) is 25.0 Å². The predicted molar refractivity (Wildman–Crippen MR) is 40.4 cm³/mol. The average molecular weight is 127 g/mol. The first-order valence-corrected chi connectivity index (χ1v) is 3.87. The molecule has 1 nitrogen and oxygen atoms in total. The van der Waals surface area contributed by atoms with Crippen molar-refractivity contribution >= 4 is 0 Å². The Labute approximate surface area is 58.0 Å². The lowest BCUT2D eigenvalue weighted by Gasteiger charge is -2.37. The average Bonchev–Trinajstić information content (AvgIpc) is 1.60. The first-order chi connectivity index (χ1) is 4.18. The summed E-state index contributed by atoms with van der Waals surface area (Å²) in [6.07, 6.45) is 1.42. The Bertz CT molecular complexity index is 82.6. The van der Waals surface area contributed by atoms with Gasteiger partial charge in [0.15, 0.2) is 0 Å². The van der Waals surface area contributed by atoms with Crippen molar-refractivity contribution < 1.29 is 0 Å². The van der Waals surface area contributed by atoms with Gasteiger partial charge in [-0.2, -0.15) is 0 Å². The molecule has 0 aliphatic carbocycles. The predicted octanol–water partition coefficient (Wildman–Crippen LogP) is 1.59. The highest BCUT2D eigenvalue weighted by molar-refractivity contribution is 4.77. The molecule has 0 atom stereocenters. The maximum atomic E-state index is 2.38. The summed E-state index contributed by atoms with van der Waals surface area (Å²) in [4.78, 5) is 2.38. The van der Waals surface area contributed by atoms with Crippen LogP contribution in [-0.2, 0) is 0 Å². The monoisotopic (exact) mass is 127 g/mol. The van der Waals surface area contributed by atoms with Gasteiger partial charge in [-0.3, -0.25) is 0 Å². The van der Waals surface area contributed by atoms with E-state index in [9.17, 15) is 0 Å². The Morgan fingerprint density at radius 3 is 2.33 bits per heavy atom. The van der Waals surface area contributed by atoms with Crippen LogP contribution in [0.1, 0.15) is 20.3 Å². The summed E-state index contributed by atoms with van der Waals surface area (Å²) in [6.45, 7) is 7.27. The van der Waals surface area contributed by atoms with E-state index in [0.29, 0.717) is 0 Å². The van der Waals surface area contributed by atoms with Gasteiger partial charge in [-0.1, -0.05) is 13.8 Å². The normalized spacial score (nSPS) is 22.7. The minimum atomic E-state index is 0.892. The second kappa shape index (κ2) is 2.70. The van der Waals surface area contributed by atoms with E-state index in [-0.39, 0.29) is 0 Å². The molecule has 0 spiro atoms. The van der Waals surface area contributed by atoms with E-state index in [0.717, 1.165) is 11.8 Å². The highest BCUT2D eigenvalue weighted by Crippen LogP contribution is 2.20. The molecule has 1 aliphatic heterocycles. The van der Waals surface area contributed by atoms with Crippen LogP contribution in [0, 0.1) is 11.8 Å². The molecule has 9 heavy (non-hydrogen) atoms. The zero-order valence-electron chi connectivity index (χ0n) is 6.72. The van der Waals surface area contributed by atoms with E-state index in [4.69, 9.17) is 0 Å². The van der Waals surface area contributed by atoms with Crippen molar-refractivity contribution in [1.29, 1.82) is 0 Å². The summed E-state index contributed by atoms with van der Waals surface area (Å²) >= 11 is 0. The van der Waals surface area contributed by atoms with E-state index in [1.54, 1.807) is 0 Å². The smallest absolute Gasteiger partial charge is 0.00191 e. The third kappa shape index (κ3) is 1.98. The molecular weight excluding hydrogens is 110 g/mol. The number of hydrogen-bond acceptors (Lipinski definition) is 1. The number of hydrogen-bond donors (Lipinski definition) is 0. The van der Waals surface area contributed by atoms with Crippen LogP contribution in [0.4, 0.5) is 0 Å². The Hall–Kier alpha value is -0.0400. The summed E-state index contributed by atoms with van der Waals surface area (Å²) < 4.78 is 0. The van der Waals surface area contributed by atoms with Gasteiger partial charge in [0, 0.05) is 13.1 Å². The molecule has 1 heteroatoms. The molecule has 0 bridgehead atoms. The molecule has 1 rings (SSSR count). The van der Waals surface area contributed by atoms with Gasteiger partial charge in [-0.05, 0) is 25.3 Å². The molecule has 1 saturated heterocycles. The van der Waals surface area contributed by atoms with Crippen LogP contribution in [0.2, 0.25) is 0 Å². The van der Waals surface area contributed by atoms with Crippen molar-refractivity contribution in [3.05, 3.63) is 0 Å². The van der Waals surface area contributed by atoms with Gasteiger partial charge in [-0.15, -0.1) is 0 Å². The van der Waals surface area contributed by atoms with Gasteiger partial charge in [0.25, 0.3) is 0 Å². The quantitative estimate of drug-likeness (QED) is 0.544. The lowest BCUT2D eigenvalue weighted by Crippen LogP contribution is -2.44. The lowest BCUT2D eigenvalue weighted by molar-refractivity contribution is 0.116. The van der Waals surface area contributed by atoms with Crippen LogP contribution in [0.3, 0.4) is 0 Å². The second-order valence-corrected chi connectivity index (χ2v) is 3.72. The van der Waals surface area contributed by atoms with Crippen LogP contribution in [0.25, 0.3) is 0 Å². The standard InChI is InChI=1S/C8H17N/c1-7(2)4-8-5-9(3)6-8/h7-8H,4-6H2,1-3H3. The van der Waals surface area contributed by atoms with Crippen molar-refractivity contribution in [2.75, 3.05) is 20.1 Å². The molecule has 1 heterocycles. The van der Waals surface area contributed by atoms with E-state index < -0.39 is 0 Å². The number of likely N-dealkylation sites (tertiary alicyclic amines) is 1. The zero-order chi connectivity index (χ0) is 6.85. The summed E-state index contributed by atoms with van der Waals surface area (Å²) in [5, 5.41) is 0. The fraction of sp³-hybridized carbons (Fsp3) is 1.00. The van der Waals surface area contributed by atoms with Crippen molar-refractivity contribution in [3.8, 4) is 0 Å². The van der Waals surface area contributed by atoms with Gasteiger partial charge in [-0.25, -0.2) is 0 Å². The molecule has 0 radical (unpaired) electrons. The molecule has 0 saturated carbocycles. The van der Waals surface area contributed by atoms with Crippen molar-refractivity contribution in [1.82, 2.24) is 4.90 Å². The molecule has 54 valence electrons. The summed E-state index contributed by atoms with van der Waals surface area (Å²) in [7, 11) is 2.19. The molecule has 1 fully saturated rings. The minimum absolute atomic E-state index is 0.892. The number of nitrogens with zero attached hydrogens (tertiary/aromatic N) is 1. The van der Waals surface area contributed by atoms with Crippen LogP contribution < -0.4 is 0 Å². The highest BCUT2D eigenvalue weighted by atomic mass is 15.2. The molecule has 0 amide bonds. The molecule has 1 aliphatic rings. The van der Waals surface area contributed by atoms with Crippen LogP contribution in [0.5, 0.6) is 0 Å². The molecule has 0 aromatic rings. The molecule has 0 aromatic carbocycles. The van der Waals surface area contributed by atoms with E-state index >= 15 is 0 Å². The second-order valence-electron chi connectivity index (χ2n) is 3.72. The molecule has 0 unspecified atom stereocenters. The Morgan fingerprint density at radius 2 is 2.00 bits per heavy atom. The third-order valence-corrected chi connectivity index (χ3v) is 1.94. The van der Waals surface area contributed by atoms with Gasteiger partial charge >= 0.3 is 0 Å². The van der Waals surface area contributed by atoms with E-state index in [1.165, 1.54) is 19.5 Å². The Balaban J connectivity index is 2.04. The summed E-state index contributed by atoms with van der Waals surface area (Å²) in [6, 6.07) is 0. The van der Waals surface area contributed by atoms with E-state index in [2.05, 4.69) is 25.8 Å². The first-order valence-electron chi connectivity index (χ1n) is 3.87. The van der Waals surface area contributed by atoms with Crippen molar-refractivity contribution in [3.63, 3.8) is 0 Å². The largest absolute Gasteiger partial charge is 0.306 e. The lowest BCUT2D eigenvalue weighted by atomic mass is 9.91. The summed E-state index contributed by atoms with van der Waals surface area (Å²) in [5.74, 6) is 1.90. The maximum absolute atomic E-state index is 2.38. The topological polar surface area (TPSA) is 3.24 Å². The van der Waals surface area contributed by atoms with E-state index in [1.807, 2.05) is 0 Å². The molecular formula is C8H17N. The fourth-order valence-electron chi connectivity index (χ4n) is 1.64. The fourth-order valence-corrected chi connectivity index (χ4v) is 1.64. The minimum Gasteiger partial charge on any atom is -0.306 e. The third-order valence-electron chi connectivity index (χ3n) is 1.94. The Kier molecular flexibility index (Phi) is 2.12. The zero-order valence-corrected chi connectivity index (χ0v) is 6.72. The Morgan fingerprint density at radius 1 is 1.44 bits per heavy atom. The van der Waals surface area contributed by atoms with Crippen molar-refractivity contribution in [2.45, 2.75) is 20.3 Å². The molecule has 0 aromatic heterocycles. The highest BCUT2D eigenvalue weighted by Gasteiger charge is 2.23. The maximum Gasteiger partial charge on any atom is 0.00191 e. The van der Waals surface area contributed by atoms with Gasteiger partial charge in [0.2, 0.25) is 0 Å². The summed E-state index contributed by atoms with van der Waals surface area (Å²) in [5.41, 5.74) is 0. The SMILES string of the molecule is CC(C)CC1CN(C)C1. The van der Waals surface area contributed by atoms with Crippen LogP contribution in [0.15, 0.2) is 0 Å². The van der Waals surface area contributed by atoms with Crippen molar-refractivity contribution in [2.24, 2.45) is 11.8 Å². The van der Waals surface area contributed by atoms with Gasteiger partial charge < -0.3 is 4.90 Å². The number of rotatable bonds is 2. The van der Waals surface area contributed by atoms with Gasteiger partial charge in [0.1, 0.15) is 0 Å².